The monoisotopic (exact) mass is 657 g/mol. The predicted octanol–water partition coefficient (Wildman–Crippen LogP) is 3.81. The molecule has 0 radical (unpaired) electrons. The minimum atomic E-state index is -1.56. The van der Waals surface area contributed by atoms with Crippen molar-refractivity contribution in [1.29, 1.82) is 0 Å². The van der Waals surface area contributed by atoms with Crippen LogP contribution in [0.5, 0.6) is 0 Å². The Morgan fingerprint density at radius 1 is 1.22 bits per heavy atom. The van der Waals surface area contributed by atoms with E-state index in [1.54, 1.807) is 31.5 Å². The van der Waals surface area contributed by atoms with Gasteiger partial charge in [-0.3, -0.25) is 24.8 Å². The van der Waals surface area contributed by atoms with Gasteiger partial charge in [-0.05, 0) is 67.8 Å². The first-order chi connectivity index (χ1) is 21.8. The third-order valence-electron chi connectivity index (χ3n) is 10.6. The van der Waals surface area contributed by atoms with Crippen LogP contribution in [0.25, 0.3) is 0 Å². The Morgan fingerprint density at radius 3 is 2.72 bits per heavy atom. The first-order valence-corrected chi connectivity index (χ1v) is 16.4. The minimum absolute atomic E-state index is 0.0458. The molecule has 0 bridgehead atoms. The van der Waals surface area contributed by atoms with E-state index in [0.717, 1.165) is 17.8 Å². The Labute approximate surface area is 274 Å². The Bertz CT molecular complexity index is 1480. The molecule has 2 aliphatic carbocycles. The number of hydrogen-bond acceptors (Lipinski definition) is 11. The second-order valence-electron chi connectivity index (χ2n) is 13.5. The van der Waals surface area contributed by atoms with Crippen molar-refractivity contribution < 1.29 is 38.5 Å². The third-order valence-corrected chi connectivity index (χ3v) is 10.9. The van der Waals surface area contributed by atoms with E-state index in [9.17, 15) is 19.8 Å². The van der Waals surface area contributed by atoms with Crippen LogP contribution in [0.3, 0.4) is 0 Å². The van der Waals surface area contributed by atoms with E-state index in [2.05, 4.69) is 17.6 Å². The number of benzene rings is 1. The summed E-state index contributed by atoms with van der Waals surface area (Å²) in [6, 6.07) is 8.01. The van der Waals surface area contributed by atoms with Crippen LogP contribution in [0.15, 0.2) is 52.7 Å². The van der Waals surface area contributed by atoms with Gasteiger partial charge in [0.05, 0.1) is 23.5 Å². The molecular formula is C34H44ClN3O8. The molecule has 2 aliphatic heterocycles. The highest BCUT2D eigenvalue weighted by Gasteiger charge is 2.62. The van der Waals surface area contributed by atoms with Crippen LogP contribution in [0, 0.1) is 23.7 Å². The second kappa shape index (κ2) is 12.6. The van der Waals surface area contributed by atoms with Crippen LogP contribution in [-0.4, -0.2) is 65.8 Å². The van der Waals surface area contributed by atoms with Gasteiger partial charge in [-0.15, -0.1) is 0 Å². The quantitative estimate of drug-likeness (QED) is 0.243. The van der Waals surface area contributed by atoms with E-state index >= 15 is 0 Å². The number of aliphatic hydroxyl groups is 2. The molecule has 6 rings (SSSR count). The zero-order valence-corrected chi connectivity index (χ0v) is 27.6. The smallest absolute Gasteiger partial charge is 0.323 e. The van der Waals surface area contributed by atoms with Crippen molar-refractivity contribution in [1.82, 2.24) is 10.6 Å². The molecule has 1 saturated heterocycles. The predicted molar refractivity (Wildman–Crippen MR) is 169 cm³/mol. The number of ether oxygens (including phenoxy) is 2. The highest BCUT2D eigenvalue weighted by molar-refractivity contribution is 6.33. The van der Waals surface area contributed by atoms with Gasteiger partial charge in [-0.2, -0.15) is 0 Å². The molecule has 10 atom stereocenters. The molecule has 3 heterocycles. The van der Waals surface area contributed by atoms with Crippen molar-refractivity contribution in [2.24, 2.45) is 23.7 Å². The number of hydrogen-bond donors (Lipinski definition) is 4. The molecule has 12 heteroatoms. The maximum Gasteiger partial charge on any atom is 0.323 e. The molecule has 1 aromatic heterocycles. The maximum atomic E-state index is 14.0. The number of rotatable bonds is 8. The Hall–Kier alpha value is -2.93. The Morgan fingerprint density at radius 2 is 2.00 bits per heavy atom. The first-order valence-electron chi connectivity index (χ1n) is 16.0. The molecule has 1 unspecified atom stereocenters. The van der Waals surface area contributed by atoms with Crippen molar-refractivity contribution in [2.75, 3.05) is 18.7 Å². The molecule has 11 nitrogen and oxygen atoms in total. The minimum Gasteiger partial charge on any atom is -0.468 e. The summed E-state index contributed by atoms with van der Waals surface area (Å²) in [7, 11) is 1.68. The van der Waals surface area contributed by atoms with Crippen molar-refractivity contribution in [3.8, 4) is 0 Å². The highest BCUT2D eigenvalue weighted by atomic mass is 35.5. The van der Waals surface area contributed by atoms with E-state index in [1.165, 1.54) is 12.0 Å². The van der Waals surface area contributed by atoms with Crippen molar-refractivity contribution in [2.45, 2.75) is 89.2 Å². The summed E-state index contributed by atoms with van der Waals surface area (Å²) in [4.78, 5) is 32.3. The molecule has 250 valence electrons. The SMILES string of the molecule is CC(=O)O[C@@H]1C(C)=C[C@@H]2[C@H](C(C)CNCc3ccco3)CC[C@@H](C)[C@]2(O)[C@H]1OC(=O)[C@@H]1C[C@@]2(O)c3cccc(Cl)c3N(C)O[C@H]2N1. The molecule has 0 spiro atoms. The van der Waals surface area contributed by atoms with E-state index in [1.807, 2.05) is 32.1 Å². The number of furan rings is 1. The number of fused-ring (bicyclic) bond motifs is 4. The van der Waals surface area contributed by atoms with Crippen LogP contribution >= 0.6 is 11.6 Å². The van der Waals surface area contributed by atoms with Gasteiger partial charge in [0.15, 0.2) is 18.4 Å². The molecule has 4 N–H and O–H groups in total. The van der Waals surface area contributed by atoms with Gasteiger partial charge in [0.25, 0.3) is 0 Å². The van der Waals surface area contributed by atoms with Gasteiger partial charge in [-0.25, -0.2) is 0 Å². The lowest BCUT2D eigenvalue weighted by Crippen LogP contribution is -2.66. The fourth-order valence-electron chi connectivity index (χ4n) is 8.15. The number of nitrogens with one attached hydrogen (secondary N) is 2. The number of para-hydroxylation sites is 1. The number of esters is 2. The zero-order chi connectivity index (χ0) is 33.0. The Kier molecular flexibility index (Phi) is 9.03. The maximum absolute atomic E-state index is 14.0. The Balaban J connectivity index is 1.26. The molecule has 1 aromatic carbocycles. The molecule has 2 fully saturated rings. The van der Waals surface area contributed by atoms with E-state index in [0.29, 0.717) is 35.8 Å². The fourth-order valence-corrected chi connectivity index (χ4v) is 8.44. The summed E-state index contributed by atoms with van der Waals surface area (Å²) in [6.45, 7) is 8.56. The summed E-state index contributed by atoms with van der Waals surface area (Å²) >= 11 is 6.44. The lowest BCUT2D eigenvalue weighted by atomic mass is 9.55. The summed E-state index contributed by atoms with van der Waals surface area (Å²) in [6.07, 6.45) is 2.12. The van der Waals surface area contributed by atoms with Crippen molar-refractivity contribution in [3.05, 3.63) is 64.6 Å². The number of nitrogens with zero attached hydrogens (tertiary/aromatic N) is 1. The standard InChI is InChI=1S/C34H44ClN3O8/c1-18-14-25-23(19(2)16-36-17-22-8-7-13-43-22)12-11-20(3)34(25,42)30(29(18)44-21(4)39)45-31(40)27-15-33(41)24-9-6-10-26(35)28(24)38(5)46-32(33)37-27/h6-10,13-14,19-20,23,25,27,29-30,32,36-37,41-42H,11-12,15-17H2,1-5H3/t19?,20-,23+,25-,27+,29-,30+,32-,33-,34-/m1/s1. The number of carbonyl (C=O) groups is 2. The fraction of sp³-hybridized carbons (Fsp3) is 0.588. The molecule has 46 heavy (non-hydrogen) atoms. The highest BCUT2D eigenvalue weighted by Crippen LogP contribution is 2.53. The van der Waals surface area contributed by atoms with E-state index in [-0.39, 0.29) is 30.1 Å². The molecule has 1 saturated carbocycles. The number of carbonyl (C=O) groups excluding carboxylic acids is 2. The molecule has 4 aliphatic rings. The van der Waals surface area contributed by atoms with Gasteiger partial charge >= 0.3 is 11.9 Å². The van der Waals surface area contributed by atoms with Gasteiger partial charge < -0.3 is 29.4 Å². The normalized spacial score (nSPS) is 35.8. The second-order valence-corrected chi connectivity index (χ2v) is 13.9. The van der Waals surface area contributed by atoms with Crippen LogP contribution in [0.1, 0.15) is 58.3 Å². The van der Waals surface area contributed by atoms with Crippen molar-refractivity contribution in [3.63, 3.8) is 0 Å². The molecular weight excluding hydrogens is 614 g/mol. The number of halogens is 1. The lowest BCUT2D eigenvalue weighted by molar-refractivity contribution is -0.225. The first kappa shape index (κ1) is 33.0. The van der Waals surface area contributed by atoms with Gasteiger partial charge in [0.1, 0.15) is 23.0 Å². The van der Waals surface area contributed by atoms with Crippen molar-refractivity contribution >= 4 is 29.2 Å². The zero-order valence-electron chi connectivity index (χ0n) is 26.9. The van der Waals surface area contributed by atoms with Gasteiger partial charge in [0.2, 0.25) is 0 Å². The van der Waals surface area contributed by atoms with E-state index < -0.39 is 47.6 Å². The average Bonchev–Trinajstić information content (AvgIpc) is 3.64. The molecule has 0 amide bonds. The number of hydroxylamine groups is 1. The third kappa shape index (κ3) is 5.65. The largest absolute Gasteiger partial charge is 0.468 e. The summed E-state index contributed by atoms with van der Waals surface area (Å²) < 4.78 is 17.4. The average molecular weight is 658 g/mol. The van der Waals surface area contributed by atoms with Crippen LogP contribution in [-0.2, 0) is 36.0 Å². The van der Waals surface area contributed by atoms with Gasteiger partial charge in [0, 0.05) is 31.9 Å². The van der Waals surface area contributed by atoms with E-state index in [4.69, 9.17) is 30.3 Å². The topological polar surface area (TPSA) is 143 Å². The lowest BCUT2D eigenvalue weighted by Gasteiger charge is -2.56. The summed E-state index contributed by atoms with van der Waals surface area (Å²) in [5, 5.41) is 33.0. The van der Waals surface area contributed by atoms with Crippen LogP contribution in [0.2, 0.25) is 5.02 Å². The summed E-state index contributed by atoms with van der Waals surface area (Å²) in [5.74, 6) is -0.746. The van der Waals surface area contributed by atoms with Gasteiger partial charge in [-0.1, -0.05) is 43.7 Å². The van der Waals surface area contributed by atoms with Crippen LogP contribution < -0.4 is 15.7 Å². The molecule has 2 aromatic rings. The van der Waals surface area contributed by atoms with Crippen LogP contribution in [0.4, 0.5) is 5.69 Å². The number of anilines is 1. The summed E-state index contributed by atoms with van der Waals surface area (Å²) in [5.41, 5.74) is -1.29.